The number of fused-ring (bicyclic) bond motifs is 1. The SMILES string of the molecule is O=C(NCc1cc(-c2cnc(C(F)(F)F)nc2)ccc1F)[C@]12CC[C@H]1CCN2S(=O)(=O)c1ccc(F)cc1. The van der Waals surface area contributed by atoms with E-state index in [-0.39, 0.29) is 41.5 Å². The van der Waals surface area contributed by atoms with Crippen LogP contribution in [0.2, 0.25) is 0 Å². The molecule has 2 heterocycles. The van der Waals surface area contributed by atoms with E-state index in [9.17, 15) is 35.2 Å². The maximum absolute atomic E-state index is 14.6. The van der Waals surface area contributed by atoms with E-state index in [4.69, 9.17) is 0 Å². The fourth-order valence-electron chi connectivity index (χ4n) is 5.13. The molecular weight excluding hydrogens is 531 g/mol. The fourth-order valence-corrected chi connectivity index (χ4v) is 6.96. The Bertz CT molecular complexity index is 1480. The molecule has 1 saturated carbocycles. The number of benzene rings is 2. The summed E-state index contributed by atoms with van der Waals surface area (Å²) in [7, 11) is -4.10. The Morgan fingerprint density at radius 3 is 2.32 bits per heavy atom. The highest BCUT2D eigenvalue weighted by molar-refractivity contribution is 7.89. The number of alkyl halides is 3. The zero-order chi connectivity index (χ0) is 27.3. The number of rotatable bonds is 6. The third-order valence-corrected chi connectivity index (χ3v) is 9.15. The monoisotopic (exact) mass is 552 g/mol. The average Bonchev–Trinajstić information content (AvgIpc) is 3.14. The minimum Gasteiger partial charge on any atom is -0.350 e. The number of nitrogens with one attached hydrogen (secondary N) is 1. The number of carbonyl (C=O) groups is 1. The lowest BCUT2D eigenvalue weighted by molar-refractivity contribution is -0.145. The van der Waals surface area contributed by atoms with E-state index >= 15 is 0 Å². The number of aromatic nitrogens is 2. The second-order valence-electron chi connectivity index (χ2n) is 9.26. The molecule has 1 N–H and O–H groups in total. The van der Waals surface area contributed by atoms with Gasteiger partial charge >= 0.3 is 6.18 Å². The Hall–Kier alpha value is -3.45. The van der Waals surface area contributed by atoms with Crippen LogP contribution in [0, 0.1) is 17.6 Å². The summed E-state index contributed by atoms with van der Waals surface area (Å²) in [6.45, 7) is -0.158. The molecule has 1 saturated heterocycles. The molecule has 3 aromatic rings. The Morgan fingerprint density at radius 2 is 1.71 bits per heavy atom. The van der Waals surface area contributed by atoms with Crippen molar-refractivity contribution in [1.82, 2.24) is 19.6 Å². The molecule has 7 nitrogen and oxygen atoms in total. The third kappa shape index (κ3) is 4.43. The van der Waals surface area contributed by atoms with Gasteiger partial charge in [-0.2, -0.15) is 17.5 Å². The highest BCUT2D eigenvalue weighted by Crippen LogP contribution is 2.52. The topological polar surface area (TPSA) is 92.3 Å². The van der Waals surface area contributed by atoms with Gasteiger partial charge in [-0.25, -0.2) is 27.2 Å². The molecule has 0 radical (unpaired) electrons. The normalized spacial score (nSPS) is 21.6. The molecular formula is C25H21F5N4O3S. The van der Waals surface area contributed by atoms with Gasteiger partial charge in [0.2, 0.25) is 21.8 Å². The standard InChI is InChI=1S/C25H21F5N4O3S/c26-19-2-4-20(5-3-19)38(36,37)34-10-8-18-7-9-24(18,34)23(35)33-12-16-11-15(1-6-21(16)27)17-13-31-22(32-14-17)25(28,29)30/h1-6,11,13-14,18H,7-10,12H2,(H,33,35)/t18-,24-/m0/s1. The van der Waals surface area contributed by atoms with Crippen LogP contribution in [0.5, 0.6) is 0 Å². The van der Waals surface area contributed by atoms with Crippen LogP contribution in [0.4, 0.5) is 22.0 Å². The van der Waals surface area contributed by atoms with Crippen molar-refractivity contribution in [3.05, 3.63) is 77.9 Å². The van der Waals surface area contributed by atoms with Gasteiger partial charge in [0.15, 0.2) is 0 Å². The van der Waals surface area contributed by atoms with Crippen LogP contribution in [0.3, 0.4) is 0 Å². The van der Waals surface area contributed by atoms with Crippen LogP contribution in [0.25, 0.3) is 11.1 Å². The molecule has 0 bridgehead atoms. The first-order valence-electron chi connectivity index (χ1n) is 11.7. The van der Waals surface area contributed by atoms with Gasteiger partial charge in [-0.15, -0.1) is 0 Å². The number of halogens is 5. The van der Waals surface area contributed by atoms with Gasteiger partial charge in [-0.05, 0) is 67.1 Å². The Balaban J connectivity index is 1.36. The lowest BCUT2D eigenvalue weighted by Crippen LogP contribution is -2.64. The van der Waals surface area contributed by atoms with Crippen LogP contribution >= 0.6 is 0 Å². The average molecular weight is 553 g/mol. The van der Waals surface area contributed by atoms with Gasteiger partial charge in [0, 0.05) is 36.6 Å². The fraction of sp³-hybridized carbons (Fsp3) is 0.320. The summed E-state index contributed by atoms with van der Waals surface area (Å²) in [5.41, 5.74) is -0.724. The van der Waals surface area contributed by atoms with Crippen LogP contribution in [-0.2, 0) is 27.5 Å². The third-order valence-electron chi connectivity index (χ3n) is 7.19. The van der Waals surface area contributed by atoms with Crippen LogP contribution < -0.4 is 5.32 Å². The number of sulfonamides is 1. The molecule has 13 heteroatoms. The van der Waals surface area contributed by atoms with Crippen LogP contribution in [0.15, 0.2) is 59.8 Å². The van der Waals surface area contributed by atoms with E-state index in [2.05, 4.69) is 15.3 Å². The quantitative estimate of drug-likeness (QED) is 0.461. The summed E-state index contributed by atoms with van der Waals surface area (Å²) in [4.78, 5) is 19.9. The number of hydrogen-bond acceptors (Lipinski definition) is 5. The van der Waals surface area contributed by atoms with Gasteiger partial charge in [0.05, 0.1) is 4.90 Å². The van der Waals surface area contributed by atoms with E-state index in [1.54, 1.807) is 0 Å². The molecule has 2 aromatic carbocycles. The van der Waals surface area contributed by atoms with Gasteiger partial charge < -0.3 is 5.32 Å². The Labute approximate surface area is 214 Å². The summed E-state index contributed by atoms with van der Waals surface area (Å²) in [5.74, 6) is -3.34. The van der Waals surface area contributed by atoms with E-state index in [0.29, 0.717) is 18.4 Å². The maximum atomic E-state index is 14.6. The molecule has 2 fully saturated rings. The molecule has 1 aromatic heterocycles. The second kappa shape index (κ2) is 9.38. The lowest BCUT2D eigenvalue weighted by Gasteiger charge is -2.47. The van der Waals surface area contributed by atoms with Crippen molar-refractivity contribution in [1.29, 1.82) is 0 Å². The summed E-state index contributed by atoms with van der Waals surface area (Å²) in [6, 6.07) is 8.18. The van der Waals surface area contributed by atoms with E-state index in [1.165, 1.54) is 12.1 Å². The Kier molecular flexibility index (Phi) is 6.46. The molecule has 0 spiro atoms. The minimum absolute atomic E-state index is 0.0500. The number of nitrogens with zero attached hydrogens (tertiary/aromatic N) is 3. The van der Waals surface area contributed by atoms with E-state index in [0.717, 1.165) is 47.0 Å². The summed E-state index contributed by atoms with van der Waals surface area (Å²) in [6.07, 6.45) is -1.34. The smallest absolute Gasteiger partial charge is 0.350 e. The predicted molar refractivity (Wildman–Crippen MR) is 125 cm³/mol. The molecule has 200 valence electrons. The van der Waals surface area contributed by atoms with Gasteiger partial charge in [-0.1, -0.05) is 6.07 Å². The van der Waals surface area contributed by atoms with Crippen molar-refractivity contribution < 1.29 is 35.2 Å². The highest BCUT2D eigenvalue weighted by atomic mass is 32.2. The van der Waals surface area contributed by atoms with Crippen LogP contribution in [0.1, 0.15) is 30.7 Å². The second-order valence-corrected chi connectivity index (χ2v) is 11.1. The first kappa shape index (κ1) is 26.2. The summed E-state index contributed by atoms with van der Waals surface area (Å²) >= 11 is 0. The maximum Gasteiger partial charge on any atom is 0.451 e. The summed E-state index contributed by atoms with van der Waals surface area (Å²) < 4.78 is 94.0. The Morgan fingerprint density at radius 1 is 1.03 bits per heavy atom. The molecule has 1 aliphatic heterocycles. The zero-order valence-electron chi connectivity index (χ0n) is 19.7. The van der Waals surface area contributed by atoms with Crippen LogP contribution in [-0.4, -0.2) is 40.7 Å². The minimum atomic E-state index is -4.70. The van der Waals surface area contributed by atoms with Gasteiger partial charge in [0.25, 0.3) is 0 Å². The molecule has 38 heavy (non-hydrogen) atoms. The molecule has 1 aliphatic carbocycles. The van der Waals surface area contributed by atoms with Crippen molar-refractivity contribution in [2.75, 3.05) is 6.54 Å². The molecule has 1 amide bonds. The van der Waals surface area contributed by atoms with Gasteiger partial charge in [-0.3, -0.25) is 4.79 Å². The molecule has 5 rings (SSSR count). The molecule has 0 unspecified atom stereocenters. The largest absolute Gasteiger partial charge is 0.451 e. The molecule has 2 aliphatic rings. The number of amides is 1. The van der Waals surface area contributed by atoms with E-state index in [1.807, 2.05) is 0 Å². The van der Waals surface area contributed by atoms with Crippen molar-refractivity contribution in [2.45, 2.75) is 42.4 Å². The first-order valence-corrected chi connectivity index (χ1v) is 13.1. The van der Waals surface area contributed by atoms with Crippen molar-refractivity contribution >= 4 is 15.9 Å². The van der Waals surface area contributed by atoms with Crippen molar-refractivity contribution in [3.63, 3.8) is 0 Å². The highest BCUT2D eigenvalue weighted by Gasteiger charge is 2.63. The predicted octanol–water partition coefficient (Wildman–Crippen LogP) is 4.30. The number of hydrogen-bond donors (Lipinski definition) is 1. The van der Waals surface area contributed by atoms with Gasteiger partial charge in [0.1, 0.15) is 17.2 Å². The number of carbonyl (C=O) groups excluding carboxylic acids is 1. The zero-order valence-corrected chi connectivity index (χ0v) is 20.5. The van der Waals surface area contributed by atoms with Crippen molar-refractivity contribution in [3.8, 4) is 11.1 Å². The van der Waals surface area contributed by atoms with E-state index < -0.39 is 45.1 Å². The first-order chi connectivity index (χ1) is 17.9. The van der Waals surface area contributed by atoms with Crippen molar-refractivity contribution in [2.24, 2.45) is 5.92 Å². The molecule has 2 atom stereocenters. The summed E-state index contributed by atoms with van der Waals surface area (Å²) in [5, 5.41) is 2.65. The lowest BCUT2D eigenvalue weighted by atomic mass is 9.67.